The molecule has 1 aliphatic heterocycles. The standard InChI is InChI=1S/C24H27N2OPS/c27-23-22(25-24(29)26(23)20-11-4-2-1-3-5-12-20)15-17-8-6-9-18(14-17)19-10-7-13-21(28)16-19/h6-10,13-16,20H,1-5,11-12,28H2,(H,25,29)/b22-15-. The van der Waals surface area contributed by atoms with Crippen LogP contribution in [0.1, 0.15) is 50.5 Å². The number of carbonyl (C=O) groups is 1. The molecule has 2 aromatic rings. The van der Waals surface area contributed by atoms with Gasteiger partial charge in [-0.2, -0.15) is 0 Å². The molecule has 0 spiro atoms. The van der Waals surface area contributed by atoms with E-state index in [0.717, 1.165) is 34.8 Å². The van der Waals surface area contributed by atoms with Gasteiger partial charge in [0.2, 0.25) is 0 Å². The minimum atomic E-state index is 0.0120. The van der Waals surface area contributed by atoms with Gasteiger partial charge in [0, 0.05) is 6.04 Å². The summed E-state index contributed by atoms with van der Waals surface area (Å²) in [6.45, 7) is 0. The van der Waals surface area contributed by atoms with E-state index < -0.39 is 0 Å². The van der Waals surface area contributed by atoms with Gasteiger partial charge >= 0.3 is 0 Å². The molecule has 5 heteroatoms. The van der Waals surface area contributed by atoms with Crippen LogP contribution in [0.15, 0.2) is 54.2 Å². The van der Waals surface area contributed by atoms with Crippen LogP contribution in [-0.2, 0) is 4.79 Å². The molecule has 2 aliphatic rings. The third-order valence-electron chi connectivity index (χ3n) is 5.77. The Morgan fingerprint density at radius 3 is 2.34 bits per heavy atom. The Kier molecular flexibility index (Phi) is 6.42. The van der Waals surface area contributed by atoms with Crippen molar-refractivity contribution in [2.45, 2.75) is 51.0 Å². The van der Waals surface area contributed by atoms with E-state index in [0.29, 0.717) is 10.8 Å². The number of hydrogen-bond donors (Lipinski definition) is 1. The third-order valence-corrected chi connectivity index (χ3v) is 6.42. The number of amides is 1. The van der Waals surface area contributed by atoms with E-state index in [1.165, 1.54) is 32.1 Å². The molecule has 0 bridgehead atoms. The summed E-state index contributed by atoms with van der Waals surface area (Å²) in [5, 5.41) is 4.88. The first-order valence-electron chi connectivity index (χ1n) is 10.4. The van der Waals surface area contributed by atoms with Crippen molar-refractivity contribution in [1.29, 1.82) is 0 Å². The van der Waals surface area contributed by atoms with E-state index in [9.17, 15) is 4.79 Å². The van der Waals surface area contributed by atoms with E-state index in [2.05, 4.69) is 51.0 Å². The maximum atomic E-state index is 13.1. The highest BCUT2D eigenvalue weighted by atomic mass is 32.1. The fourth-order valence-electron chi connectivity index (χ4n) is 4.27. The second kappa shape index (κ2) is 9.19. The van der Waals surface area contributed by atoms with Gasteiger partial charge in [-0.3, -0.25) is 9.69 Å². The lowest BCUT2D eigenvalue weighted by Gasteiger charge is -2.28. The summed E-state index contributed by atoms with van der Waals surface area (Å²) in [6, 6.07) is 16.8. The zero-order valence-corrected chi connectivity index (χ0v) is 18.5. The van der Waals surface area contributed by atoms with Gasteiger partial charge in [-0.25, -0.2) is 0 Å². The van der Waals surface area contributed by atoms with Gasteiger partial charge in [-0.05, 0) is 65.3 Å². The van der Waals surface area contributed by atoms with Crippen molar-refractivity contribution in [3.8, 4) is 11.1 Å². The first-order valence-corrected chi connectivity index (χ1v) is 11.4. The average molecular weight is 423 g/mol. The molecule has 150 valence electrons. The van der Waals surface area contributed by atoms with E-state index >= 15 is 0 Å². The molecule has 1 saturated heterocycles. The van der Waals surface area contributed by atoms with Gasteiger partial charge in [-0.1, -0.05) is 68.5 Å². The van der Waals surface area contributed by atoms with E-state index in [1.807, 2.05) is 23.1 Å². The summed E-state index contributed by atoms with van der Waals surface area (Å²) in [7, 11) is 2.74. The summed E-state index contributed by atoms with van der Waals surface area (Å²) in [4.78, 5) is 14.9. The first-order chi connectivity index (χ1) is 14.1. The quantitative estimate of drug-likeness (QED) is 0.428. The summed E-state index contributed by atoms with van der Waals surface area (Å²) < 4.78 is 0. The van der Waals surface area contributed by atoms with Crippen LogP contribution < -0.4 is 10.6 Å². The van der Waals surface area contributed by atoms with Crippen LogP contribution in [0.3, 0.4) is 0 Å². The number of thiocarbonyl (C=S) groups is 1. The van der Waals surface area contributed by atoms with Crippen LogP contribution in [-0.4, -0.2) is 22.0 Å². The lowest BCUT2D eigenvalue weighted by atomic mass is 9.96. The van der Waals surface area contributed by atoms with Gasteiger partial charge in [-0.15, -0.1) is 9.24 Å². The summed E-state index contributed by atoms with van der Waals surface area (Å²) in [6.07, 6.45) is 10.2. The Hall–Kier alpha value is -2.03. The number of hydrogen-bond acceptors (Lipinski definition) is 2. The number of nitrogens with one attached hydrogen (secondary N) is 1. The monoisotopic (exact) mass is 422 g/mol. The molecule has 1 heterocycles. The molecule has 2 fully saturated rings. The molecule has 1 N–H and O–H groups in total. The van der Waals surface area contributed by atoms with Crippen molar-refractivity contribution in [3.05, 3.63) is 59.8 Å². The van der Waals surface area contributed by atoms with Gasteiger partial charge in [0.05, 0.1) is 0 Å². The van der Waals surface area contributed by atoms with Crippen LogP contribution in [0.2, 0.25) is 0 Å². The maximum absolute atomic E-state index is 13.1. The molecule has 2 aromatic carbocycles. The van der Waals surface area contributed by atoms with E-state index in [-0.39, 0.29) is 11.9 Å². The van der Waals surface area contributed by atoms with Crippen LogP contribution in [0.25, 0.3) is 17.2 Å². The molecular formula is C24H27N2OPS. The van der Waals surface area contributed by atoms with Gasteiger partial charge < -0.3 is 5.32 Å². The van der Waals surface area contributed by atoms with Gasteiger partial charge in [0.25, 0.3) is 5.91 Å². The lowest BCUT2D eigenvalue weighted by molar-refractivity contribution is -0.124. The maximum Gasteiger partial charge on any atom is 0.276 e. The number of nitrogens with zero attached hydrogens (tertiary/aromatic N) is 1. The summed E-state index contributed by atoms with van der Waals surface area (Å²) in [5.74, 6) is 0.0120. The topological polar surface area (TPSA) is 32.3 Å². The summed E-state index contributed by atoms with van der Waals surface area (Å²) >= 11 is 5.54. The van der Waals surface area contributed by atoms with Crippen LogP contribution >= 0.6 is 21.5 Å². The van der Waals surface area contributed by atoms with Crippen molar-refractivity contribution in [2.24, 2.45) is 0 Å². The average Bonchev–Trinajstić information content (AvgIpc) is 2.96. The van der Waals surface area contributed by atoms with E-state index in [1.54, 1.807) is 0 Å². The second-order valence-electron chi connectivity index (χ2n) is 7.91. The molecule has 0 aromatic heterocycles. The Labute approximate surface area is 180 Å². The van der Waals surface area contributed by atoms with Crippen molar-refractivity contribution in [2.75, 3.05) is 0 Å². The third kappa shape index (κ3) is 4.76. The minimum Gasteiger partial charge on any atom is -0.328 e. The fourth-order valence-corrected chi connectivity index (χ4v) is 4.90. The lowest BCUT2D eigenvalue weighted by Crippen LogP contribution is -2.40. The Bertz CT molecular complexity index is 947. The predicted octanol–water partition coefficient (Wildman–Crippen LogP) is 5.02. The Morgan fingerprint density at radius 2 is 1.62 bits per heavy atom. The van der Waals surface area contributed by atoms with E-state index in [4.69, 9.17) is 12.2 Å². The first kappa shape index (κ1) is 20.3. The molecular weight excluding hydrogens is 395 g/mol. The molecule has 1 amide bonds. The Morgan fingerprint density at radius 1 is 0.966 bits per heavy atom. The van der Waals surface area contributed by atoms with Crippen molar-refractivity contribution < 1.29 is 4.79 Å². The SMILES string of the molecule is O=C1/C(=C/c2cccc(-c3cccc(P)c3)c2)NC(=S)N1C1CCCCCCC1. The number of carbonyl (C=O) groups excluding carboxylic acids is 1. The van der Waals surface area contributed by atoms with Crippen molar-refractivity contribution in [1.82, 2.24) is 10.2 Å². The minimum absolute atomic E-state index is 0.0120. The van der Waals surface area contributed by atoms with Crippen molar-refractivity contribution >= 4 is 43.9 Å². The Balaban J connectivity index is 1.56. The largest absolute Gasteiger partial charge is 0.328 e. The zero-order chi connectivity index (χ0) is 20.2. The molecule has 1 atom stereocenters. The van der Waals surface area contributed by atoms with Crippen LogP contribution in [0.4, 0.5) is 0 Å². The molecule has 1 saturated carbocycles. The molecule has 1 unspecified atom stereocenters. The molecule has 3 nitrogen and oxygen atoms in total. The highest BCUT2D eigenvalue weighted by molar-refractivity contribution is 7.80. The fraction of sp³-hybridized carbons (Fsp3) is 0.333. The number of benzene rings is 2. The number of rotatable bonds is 3. The summed E-state index contributed by atoms with van der Waals surface area (Å²) in [5.41, 5.74) is 3.87. The molecule has 0 radical (unpaired) electrons. The van der Waals surface area contributed by atoms with Crippen molar-refractivity contribution in [3.63, 3.8) is 0 Å². The predicted molar refractivity (Wildman–Crippen MR) is 128 cm³/mol. The normalized spacial score (nSPS) is 19.9. The van der Waals surface area contributed by atoms with Gasteiger partial charge in [0.15, 0.2) is 5.11 Å². The second-order valence-corrected chi connectivity index (χ2v) is 8.97. The van der Waals surface area contributed by atoms with Crippen LogP contribution in [0.5, 0.6) is 0 Å². The highest BCUT2D eigenvalue weighted by Crippen LogP contribution is 2.27. The highest BCUT2D eigenvalue weighted by Gasteiger charge is 2.35. The molecule has 4 rings (SSSR count). The van der Waals surface area contributed by atoms with Gasteiger partial charge in [0.1, 0.15) is 5.70 Å². The smallest absolute Gasteiger partial charge is 0.276 e. The zero-order valence-electron chi connectivity index (χ0n) is 16.6. The molecule has 1 aliphatic carbocycles. The molecule has 29 heavy (non-hydrogen) atoms. The van der Waals surface area contributed by atoms with Crippen LogP contribution in [0, 0.1) is 0 Å².